The predicted molar refractivity (Wildman–Crippen MR) is 126 cm³/mol. The molecule has 3 aromatic rings. The Bertz CT molecular complexity index is 994. The molecule has 3 rings (SSSR count). The maximum Gasteiger partial charge on any atom is 0.221 e. The second kappa shape index (κ2) is 11.0. The Morgan fingerprint density at radius 1 is 1.13 bits per heavy atom. The third kappa shape index (κ3) is 6.70. The predicted octanol–water partition coefficient (Wildman–Crippen LogP) is 3.68. The zero-order valence-corrected chi connectivity index (χ0v) is 18.4. The van der Waals surface area contributed by atoms with Crippen molar-refractivity contribution >= 4 is 17.6 Å². The largest absolute Gasteiger partial charge is 0.357 e. The van der Waals surface area contributed by atoms with Crippen LogP contribution in [-0.4, -0.2) is 46.9 Å². The van der Waals surface area contributed by atoms with Gasteiger partial charge in [0.2, 0.25) is 5.91 Å². The molecule has 0 aliphatic rings. The van der Waals surface area contributed by atoms with E-state index < -0.39 is 0 Å². The minimum Gasteiger partial charge on any atom is -0.357 e. The van der Waals surface area contributed by atoms with Crippen molar-refractivity contribution in [2.45, 2.75) is 26.8 Å². The Kier molecular flexibility index (Phi) is 7.81. The molecule has 2 aromatic carbocycles. The van der Waals surface area contributed by atoms with Crippen LogP contribution in [-0.2, 0) is 17.8 Å². The highest BCUT2D eigenvalue weighted by molar-refractivity contribution is 5.88. The van der Waals surface area contributed by atoms with Crippen LogP contribution in [0.1, 0.15) is 25.2 Å². The first-order valence-corrected chi connectivity index (χ1v) is 10.5. The van der Waals surface area contributed by atoms with E-state index in [0.717, 1.165) is 41.7 Å². The number of nitrogens with zero attached hydrogens (tertiary/aromatic N) is 3. The first-order chi connectivity index (χ1) is 15.0. The summed E-state index contributed by atoms with van der Waals surface area (Å²) in [5.41, 5.74) is 4.11. The standard InChI is InChI=1S/C24H30N6O/c1-4-25-24(26-15-14-19-10-12-21(13-11-19)28-18(2)31)30(3)17-23-27-16-22(29-23)20-8-6-5-7-9-20/h5-13,16H,4,14-15,17H2,1-3H3,(H,25,26)(H,27,29)(H,28,31). The van der Waals surface area contributed by atoms with Crippen molar-refractivity contribution in [3.05, 3.63) is 72.2 Å². The molecule has 0 spiro atoms. The number of hydrogen-bond acceptors (Lipinski definition) is 3. The van der Waals surface area contributed by atoms with E-state index in [9.17, 15) is 4.79 Å². The lowest BCUT2D eigenvalue weighted by Crippen LogP contribution is -2.38. The number of H-pyrrole nitrogens is 1. The SMILES string of the molecule is CCNC(=NCCc1ccc(NC(C)=O)cc1)N(C)Cc1ncc(-c2ccccc2)[nH]1. The van der Waals surface area contributed by atoms with Crippen LogP contribution in [0.3, 0.4) is 0 Å². The maximum absolute atomic E-state index is 11.1. The van der Waals surface area contributed by atoms with Gasteiger partial charge in [-0.1, -0.05) is 42.5 Å². The van der Waals surface area contributed by atoms with Crippen molar-refractivity contribution in [1.29, 1.82) is 0 Å². The first kappa shape index (κ1) is 22.1. The van der Waals surface area contributed by atoms with E-state index in [1.165, 1.54) is 12.5 Å². The molecule has 3 N–H and O–H groups in total. The van der Waals surface area contributed by atoms with Crippen LogP contribution < -0.4 is 10.6 Å². The third-order valence-electron chi connectivity index (χ3n) is 4.73. The summed E-state index contributed by atoms with van der Waals surface area (Å²) in [5, 5.41) is 6.13. The van der Waals surface area contributed by atoms with Crippen molar-refractivity contribution in [1.82, 2.24) is 20.2 Å². The molecule has 0 unspecified atom stereocenters. The molecular weight excluding hydrogens is 388 g/mol. The van der Waals surface area contributed by atoms with Gasteiger partial charge < -0.3 is 20.5 Å². The van der Waals surface area contributed by atoms with Crippen molar-refractivity contribution in [2.24, 2.45) is 4.99 Å². The number of aliphatic imine (C=N–C) groups is 1. The highest BCUT2D eigenvalue weighted by Gasteiger charge is 2.10. The monoisotopic (exact) mass is 418 g/mol. The van der Waals surface area contributed by atoms with Gasteiger partial charge in [-0.05, 0) is 36.6 Å². The van der Waals surface area contributed by atoms with Crippen molar-refractivity contribution in [3.8, 4) is 11.3 Å². The fraction of sp³-hybridized carbons (Fsp3) is 0.292. The summed E-state index contributed by atoms with van der Waals surface area (Å²) in [6.07, 6.45) is 2.69. The van der Waals surface area contributed by atoms with Crippen molar-refractivity contribution < 1.29 is 4.79 Å². The Hall–Kier alpha value is -3.61. The van der Waals surface area contributed by atoms with Crippen molar-refractivity contribution in [3.63, 3.8) is 0 Å². The van der Waals surface area contributed by atoms with Crippen LogP contribution >= 0.6 is 0 Å². The molecule has 0 aliphatic heterocycles. The Balaban J connectivity index is 1.58. The number of hydrogen-bond donors (Lipinski definition) is 3. The van der Waals surface area contributed by atoms with Gasteiger partial charge in [-0.15, -0.1) is 0 Å². The number of carbonyl (C=O) groups excluding carboxylic acids is 1. The molecule has 1 heterocycles. The Morgan fingerprint density at radius 3 is 2.55 bits per heavy atom. The number of rotatable bonds is 8. The molecular formula is C24H30N6O. The smallest absolute Gasteiger partial charge is 0.221 e. The molecule has 162 valence electrons. The fourth-order valence-corrected chi connectivity index (χ4v) is 3.23. The molecule has 0 saturated heterocycles. The molecule has 31 heavy (non-hydrogen) atoms. The van der Waals surface area contributed by atoms with E-state index in [1.807, 2.05) is 55.7 Å². The molecule has 1 aromatic heterocycles. The van der Waals surface area contributed by atoms with Gasteiger partial charge in [-0.2, -0.15) is 0 Å². The average molecular weight is 419 g/mol. The molecule has 7 heteroatoms. The van der Waals surface area contributed by atoms with Crippen LogP contribution in [0.2, 0.25) is 0 Å². The van der Waals surface area contributed by atoms with Crippen LogP contribution in [0.4, 0.5) is 5.69 Å². The van der Waals surface area contributed by atoms with Crippen LogP contribution in [0.25, 0.3) is 11.3 Å². The van der Waals surface area contributed by atoms with E-state index in [2.05, 4.69) is 44.6 Å². The minimum atomic E-state index is -0.0666. The molecule has 7 nitrogen and oxygen atoms in total. The van der Waals surface area contributed by atoms with Crippen molar-refractivity contribution in [2.75, 3.05) is 25.5 Å². The van der Waals surface area contributed by atoms with Gasteiger partial charge >= 0.3 is 0 Å². The molecule has 0 saturated carbocycles. The lowest BCUT2D eigenvalue weighted by Gasteiger charge is -2.21. The molecule has 0 aliphatic carbocycles. The number of benzene rings is 2. The van der Waals surface area contributed by atoms with Gasteiger partial charge in [-0.25, -0.2) is 4.98 Å². The van der Waals surface area contributed by atoms with Crippen LogP contribution in [0.5, 0.6) is 0 Å². The number of anilines is 1. The first-order valence-electron chi connectivity index (χ1n) is 10.5. The summed E-state index contributed by atoms with van der Waals surface area (Å²) in [6, 6.07) is 18.0. The molecule has 0 radical (unpaired) electrons. The van der Waals surface area contributed by atoms with E-state index in [-0.39, 0.29) is 5.91 Å². The van der Waals surface area contributed by atoms with E-state index in [0.29, 0.717) is 13.1 Å². The average Bonchev–Trinajstić information content (AvgIpc) is 3.23. The summed E-state index contributed by atoms with van der Waals surface area (Å²) in [5.74, 6) is 1.67. The highest BCUT2D eigenvalue weighted by atomic mass is 16.1. The number of aromatic nitrogens is 2. The number of guanidine groups is 1. The Morgan fingerprint density at radius 2 is 1.87 bits per heavy atom. The maximum atomic E-state index is 11.1. The highest BCUT2D eigenvalue weighted by Crippen LogP contribution is 2.16. The van der Waals surface area contributed by atoms with E-state index in [4.69, 9.17) is 4.99 Å². The van der Waals surface area contributed by atoms with E-state index >= 15 is 0 Å². The van der Waals surface area contributed by atoms with Crippen LogP contribution in [0, 0.1) is 0 Å². The minimum absolute atomic E-state index is 0.0666. The summed E-state index contributed by atoms with van der Waals surface area (Å²) in [7, 11) is 2.01. The van der Waals surface area contributed by atoms with E-state index in [1.54, 1.807) is 0 Å². The summed E-state index contributed by atoms with van der Waals surface area (Å²) in [6.45, 7) is 5.66. The van der Waals surface area contributed by atoms with Gasteiger partial charge in [0.15, 0.2) is 5.96 Å². The zero-order valence-electron chi connectivity index (χ0n) is 18.4. The second-order valence-corrected chi connectivity index (χ2v) is 7.33. The normalized spacial score (nSPS) is 11.3. The van der Waals surface area contributed by atoms with Gasteiger partial charge in [0.25, 0.3) is 0 Å². The van der Waals surface area contributed by atoms with Gasteiger partial charge in [-0.3, -0.25) is 9.79 Å². The molecule has 0 fully saturated rings. The number of carbonyl (C=O) groups is 1. The second-order valence-electron chi connectivity index (χ2n) is 7.33. The summed E-state index contributed by atoms with van der Waals surface area (Å²) >= 11 is 0. The van der Waals surface area contributed by atoms with Gasteiger partial charge in [0.1, 0.15) is 5.82 Å². The molecule has 0 atom stereocenters. The number of amides is 1. The number of nitrogens with one attached hydrogen (secondary N) is 3. The lowest BCUT2D eigenvalue weighted by atomic mass is 10.1. The van der Waals surface area contributed by atoms with Gasteiger partial charge in [0.05, 0.1) is 18.4 Å². The lowest BCUT2D eigenvalue weighted by molar-refractivity contribution is -0.114. The number of aromatic amines is 1. The number of imidazole rings is 1. The third-order valence-corrected chi connectivity index (χ3v) is 4.73. The zero-order chi connectivity index (χ0) is 22.1. The van der Waals surface area contributed by atoms with Crippen LogP contribution in [0.15, 0.2) is 65.8 Å². The fourth-order valence-electron chi connectivity index (χ4n) is 3.23. The topological polar surface area (TPSA) is 85.4 Å². The van der Waals surface area contributed by atoms with Gasteiger partial charge in [0, 0.05) is 32.7 Å². The quantitative estimate of drug-likeness (QED) is 0.385. The summed E-state index contributed by atoms with van der Waals surface area (Å²) in [4.78, 5) is 25.9. The molecule has 1 amide bonds. The Labute approximate surface area is 183 Å². The summed E-state index contributed by atoms with van der Waals surface area (Å²) < 4.78 is 0. The molecule has 0 bridgehead atoms.